The average Bonchev–Trinajstić information content (AvgIpc) is 2.25. The predicted molar refractivity (Wildman–Crippen MR) is 67.2 cm³/mol. The lowest BCUT2D eigenvalue weighted by Gasteiger charge is -2.22. The first-order chi connectivity index (χ1) is 7.46. The van der Waals surface area contributed by atoms with Crippen molar-refractivity contribution in [1.82, 2.24) is 0 Å². The molecule has 0 saturated heterocycles. The highest BCUT2D eigenvalue weighted by Gasteiger charge is 2.16. The van der Waals surface area contributed by atoms with Crippen LogP contribution in [-0.4, -0.2) is 38.7 Å². The van der Waals surface area contributed by atoms with Crippen molar-refractivity contribution >= 4 is 9.84 Å². The molecular weight excluding hydrogens is 226 g/mol. The summed E-state index contributed by atoms with van der Waals surface area (Å²) in [5.41, 5.74) is 5.97. The highest BCUT2D eigenvalue weighted by Crippen LogP contribution is 2.09. The highest BCUT2D eigenvalue weighted by molar-refractivity contribution is 7.91. The summed E-state index contributed by atoms with van der Waals surface area (Å²) in [6, 6.07) is -0.0583. The van der Waals surface area contributed by atoms with Gasteiger partial charge in [0, 0.05) is 18.4 Å². The molecule has 0 aromatic heterocycles. The van der Waals surface area contributed by atoms with Gasteiger partial charge in [0.25, 0.3) is 0 Å². The third-order valence-corrected chi connectivity index (χ3v) is 4.48. The van der Waals surface area contributed by atoms with Crippen molar-refractivity contribution in [2.24, 2.45) is 5.73 Å². The fourth-order valence-corrected chi connectivity index (χ4v) is 2.52. The molecule has 0 fully saturated rings. The minimum absolute atomic E-state index is 0.0503. The molecule has 5 heteroatoms. The van der Waals surface area contributed by atoms with Crippen LogP contribution < -0.4 is 5.73 Å². The molecule has 0 spiro atoms. The summed E-state index contributed by atoms with van der Waals surface area (Å²) in [6.45, 7) is 6.30. The molecule has 0 heterocycles. The van der Waals surface area contributed by atoms with Gasteiger partial charge >= 0.3 is 0 Å². The maximum Gasteiger partial charge on any atom is 0.150 e. The molecule has 0 aliphatic rings. The largest absolute Gasteiger partial charge is 0.377 e. The maximum atomic E-state index is 11.3. The Kier molecular flexibility index (Phi) is 7.97. The van der Waals surface area contributed by atoms with Crippen LogP contribution in [0.1, 0.15) is 40.0 Å². The van der Waals surface area contributed by atoms with Crippen molar-refractivity contribution in [3.63, 3.8) is 0 Å². The number of sulfone groups is 1. The minimum Gasteiger partial charge on any atom is -0.377 e. The van der Waals surface area contributed by atoms with Crippen molar-refractivity contribution in [1.29, 1.82) is 0 Å². The van der Waals surface area contributed by atoms with Crippen molar-refractivity contribution in [3.05, 3.63) is 0 Å². The Balaban J connectivity index is 3.92. The third kappa shape index (κ3) is 6.45. The third-order valence-electron chi connectivity index (χ3n) is 2.69. The van der Waals surface area contributed by atoms with E-state index in [2.05, 4.69) is 0 Å². The summed E-state index contributed by atoms with van der Waals surface area (Å²) in [5.74, 6) is 0.449. The van der Waals surface area contributed by atoms with E-state index in [1.54, 1.807) is 6.92 Å². The summed E-state index contributed by atoms with van der Waals surface area (Å²) >= 11 is 0. The van der Waals surface area contributed by atoms with E-state index in [1.807, 2.05) is 13.8 Å². The van der Waals surface area contributed by atoms with Gasteiger partial charge in [0.2, 0.25) is 0 Å². The van der Waals surface area contributed by atoms with Crippen LogP contribution in [0, 0.1) is 0 Å². The lowest BCUT2D eigenvalue weighted by molar-refractivity contribution is 0.0396. The molecular formula is C11H25NO3S. The van der Waals surface area contributed by atoms with Crippen LogP contribution in [0.3, 0.4) is 0 Å². The van der Waals surface area contributed by atoms with Crippen LogP contribution in [0.25, 0.3) is 0 Å². The van der Waals surface area contributed by atoms with Gasteiger partial charge in [-0.3, -0.25) is 0 Å². The first kappa shape index (κ1) is 15.9. The zero-order valence-electron chi connectivity index (χ0n) is 10.6. The summed E-state index contributed by atoms with van der Waals surface area (Å²) < 4.78 is 28.0. The van der Waals surface area contributed by atoms with E-state index in [0.29, 0.717) is 19.4 Å². The Hall–Kier alpha value is -0.130. The van der Waals surface area contributed by atoms with E-state index in [4.69, 9.17) is 10.5 Å². The predicted octanol–water partition coefficient (Wildman–Crippen LogP) is 1.34. The van der Waals surface area contributed by atoms with Crippen molar-refractivity contribution in [3.8, 4) is 0 Å². The standard InChI is InChI=1S/C11H25NO3S/c1-4-11(15-5-2)10(12)8-7-9-16(13,14)6-3/h10-11H,4-9,12H2,1-3H3. The number of hydrogen-bond donors (Lipinski definition) is 1. The maximum absolute atomic E-state index is 11.3. The zero-order valence-corrected chi connectivity index (χ0v) is 11.4. The fourth-order valence-electron chi connectivity index (χ4n) is 1.63. The second-order valence-corrected chi connectivity index (χ2v) is 6.42. The second kappa shape index (κ2) is 8.03. The van der Waals surface area contributed by atoms with Crippen LogP contribution in [0.2, 0.25) is 0 Å². The summed E-state index contributed by atoms with van der Waals surface area (Å²) in [6.07, 6.45) is 2.25. The molecule has 0 amide bonds. The molecule has 0 bridgehead atoms. The van der Waals surface area contributed by atoms with E-state index in [-0.39, 0.29) is 23.7 Å². The molecule has 0 aliphatic heterocycles. The quantitative estimate of drug-likeness (QED) is 0.671. The Morgan fingerprint density at radius 2 is 1.88 bits per heavy atom. The van der Waals surface area contributed by atoms with Gasteiger partial charge < -0.3 is 10.5 Å². The van der Waals surface area contributed by atoms with E-state index >= 15 is 0 Å². The molecule has 2 unspecified atom stereocenters. The first-order valence-corrected chi connectivity index (χ1v) is 7.86. The molecule has 0 radical (unpaired) electrons. The second-order valence-electron chi connectivity index (χ2n) is 3.94. The molecule has 2 atom stereocenters. The van der Waals surface area contributed by atoms with Crippen LogP contribution in [-0.2, 0) is 14.6 Å². The number of rotatable bonds is 9. The average molecular weight is 251 g/mol. The Morgan fingerprint density at radius 3 is 2.31 bits per heavy atom. The molecule has 4 nitrogen and oxygen atoms in total. The Bertz CT molecular complexity index is 264. The van der Waals surface area contributed by atoms with E-state index < -0.39 is 9.84 Å². The SMILES string of the molecule is CCOC(CC)C(N)CCCS(=O)(=O)CC. The van der Waals surface area contributed by atoms with Crippen molar-refractivity contribution in [2.45, 2.75) is 52.2 Å². The number of nitrogens with two attached hydrogens (primary N) is 1. The molecule has 0 aliphatic carbocycles. The molecule has 2 N–H and O–H groups in total. The summed E-state index contributed by atoms with van der Waals surface area (Å²) in [7, 11) is -2.86. The lowest BCUT2D eigenvalue weighted by atomic mass is 10.0. The van der Waals surface area contributed by atoms with E-state index in [1.165, 1.54) is 0 Å². The van der Waals surface area contributed by atoms with Gasteiger partial charge in [0.1, 0.15) is 9.84 Å². The van der Waals surface area contributed by atoms with Crippen LogP contribution in [0.5, 0.6) is 0 Å². The fraction of sp³-hybridized carbons (Fsp3) is 1.00. The first-order valence-electron chi connectivity index (χ1n) is 6.04. The normalized spacial score (nSPS) is 16.0. The van der Waals surface area contributed by atoms with Crippen molar-refractivity contribution < 1.29 is 13.2 Å². The molecule has 98 valence electrons. The van der Waals surface area contributed by atoms with E-state index in [0.717, 1.165) is 6.42 Å². The zero-order chi connectivity index (χ0) is 12.6. The molecule has 0 aromatic carbocycles. The smallest absolute Gasteiger partial charge is 0.150 e. The van der Waals surface area contributed by atoms with Crippen LogP contribution in [0.15, 0.2) is 0 Å². The van der Waals surface area contributed by atoms with Gasteiger partial charge in [0.05, 0.1) is 11.9 Å². The van der Waals surface area contributed by atoms with Gasteiger partial charge in [-0.2, -0.15) is 0 Å². The Morgan fingerprint density at radius 1 is 1.25 bits per heavy atom. The molecule has 0 aromatic rings. The monoisotopic (exact) mass is 251 g/mol. The number of hydrogen-bond acceptors (Lipinski definition) is 4. The Labute approximate surface area is 99.5 Å². The lowest BCUT2D eigenvalue weighted by Crippen LogP contribution is -2.36. The van der Waals surface area contributed by atoms with Gasteiger partial charge in [-0.05, 0) is 26.2 Å². The van der Waals surface area contributed by atoms with Gasteiger partial charge in [-0.25, -0.2) is 8.42 Å². The van der Waals surface area contributed by atoms with E-state index in [9.17, 15) is 8.42 Å². The molecule has 16 heavy (non-hydrogen) atoms. The van der Waals surface area contributed by atoms with Crippen LogP contribution >= 0.6 is 0 Å². The summed E-state index contributed by atoms with van der Waals surface area (Å²) in [4.78, 5) is 0. The van der Waals surface area contributed by atoms with Crippen LogP contribution in [0.4, 0.5) is 0 Å². The number of ether oxygens (including phenoxy) is 1. The topological polar surface area (TPSA) is 69.4 Å². The summed E-state index contributed by atoms with van der Waals surface area (Å²) in [5, 5.41) is 0. The van der Waals surface area contributed by atoms with Gasteiger partial charge in [0.15, 0.2) is 0 Å². The van der Waals surface area contributed by atoms with Gasteiger partial charge in [-0.15, -0.1) is 0 Å². The van der Waals surface area contributed by atoms with Crippen molar-refractivity contribution in [2.75, 3.05) is 18.1 Å². The highest BCUT2D eigenvalue weighted by atomic mass is 32.2. The minimum atomic E-state index is -2.86. The molecule has 0 rings (SSSR count). The van der Waals surface area contributed by atoms with Gasteiger partial charge in [-0.1, -0.05) is 13.8 Å². The molecule has 0 saturated carbocycles.